The number of hydrogen-bond donors (Lipinski definition) is 2. The molecule has 2 atom stereocenters. The van der Waals surface area contributed by atoms with Crippen LogP contribution in [-0.4, -0.2) is 17.0 Å². The zero-order chi connectivity index (χ0) is 14.2. The maximum absolute atomic E-state index is 13.4. The lowest BCUT2D eigenvalue weighted by Gasteiger charge is -2.06. The zero-order valence-corrected chi connectivity index (χ0v) is 10.8. The van der Waals surface area contributed by atoms with Gasteiger partial charge in [-0.1, -0.05) is 32.0 Å². The summed E-state index contributed by atoms with van der Waals surface area (Å²) >= 11 is 0. The Bertz CT molecular complexity index is 527. The number of halogens is 1. The molecule has 1 saturated carbocycles. The van der Waals surface area contributed by atoms with E-state index in [0.717, 1.165) is 0 Å². The van der Waals surface area contributed by atoms with Gasteiger partial charge < -0.3 is 10.4 Å². The van der Waals surface area contributed by atoms with Crippen molar-refractivity contribution in [1.82, 2.24) is 5.32 Å². The fraction of sp³-hybridized carbons (Fsp3) is 0.429. The van der Waals surface area contributed by atoms with Crippen LogP contribution in [0.3, 0.4) is 0 Å². The van der Waals surface area contributed by atoms with Crippen molar-refractivity contribution in [3.63, 3.8) is 0 Å². The van der Waals surface area contributed by atoms with Crippen LogP contribution in [0.1, 0.15) is 19.4 Å². The highest BCUT2D eigenvalue weighted by molar-refractivity contribution is 5.91. The van der Waals surface area contributed by atoms with E-state index in [9.17, 15) is 14.0 Å². The second-order valence-corrected chi connectivity index (χ2v) is 5.42. The smallest absolute Gasteiger partial charge is 0.307 e. The summed E-state index contributed by atoms with van der Waals surface area (Å²) < 4.78 is 13.4. The summed E-state index contributed by atoms with van der Waals surface area (Å²) in [5.74, 6) is -2.88. The van der Waals surface area contributed by atoms with Gasteiger partial charge in [0.1, 0.15) is 5.82 Å². The summed E-state index contributed by atoms with van der Waals surface area (Å²) in [4.78, 5) is 22.9. The number of aliphatic carboxylic acids is 1. The Labute approximate surface area is 110 Å². The first-order valence-electron chi connectivity index (χ1n) is 6.09. The van der Waals surface area contributed by atoms with Gasteiger partial charge in [0, 0.05) is 12.1 Å². The van der Waals surface area contributed by atoms with Crippen LogP contribution in [0.4, 0.5) is 4.39 Å². The summed E-state index contributed by atoms with van der Waals surface area (Å²) in [7, 11) is 0. The van der Waals surface area contributed by atoms with E-state index in [2.05, 4.69) is 5.32 Å². The van der Waals surface area contributed by atoms with Crippen LogP contribution in [0.15, 0.2) is 24.3 Å². The van der Waals surface area contributed by atoms with Crippen molar-refractivity contribution in [3.05, 3.63) is 35.6 Å². The quantitative estimate of drug-likeness (QED) is 0.872. The molecule has 0 unspecified atom stereocenters. The molecule has 1 aromatic rings. The number of nitrogens with one attached hydrogen (secondary N) is 1. The van der Waals surface area contributed by atoms with Crippen LogP contribution in [0.25, 0.3) is 0 Å². The Morgan fingerprint density at radius 2 is 1.95 bits per heavy atom. The molecule has 0 radical (unpaired) electrons. The highest BCUT2D eigenvalue weighted by Crippen LogP contribution is 2.58. The van der Waals surface area contributed by atoms with Crippen molar-refractivity contribution >= 4 is 11.9 Å². The molecule has 2 rings (SSSR count). The fourth-order valence-corrected chi connectivity index (χ4v) is 2.52. The standard InChI is InChI=1S/C14H16FNO3/c1-14(2)10(11(14)13(18)19)12(17)16-7-8-5-3-4-6-9(8)15/h3-6,10-11H,7H2,1-2H3,(H,16,17)(H,18,19)/t10-,11+/m1/s1. The third kappa shape index (κ3) is 2.45. The molecule has 1 fully saturated rings. The summed E-state index contributed by atoms with van der Waals surface area (Å²) in [6.45, 7) is 3.57. The van der Waals surface area contributed by atoms with Crippen LogP contribution >= 0.6 is 0 Å². The van der Waals surface area contributed by atoms with E-state index in [1.807, 2.05) is 0 Å². The van der Waals surface area contributed by atoms with Crippen LogP contribution in [0.5, 0.6) is 0 Å². The lowest BCUT2D eigenvalue weighted by Crippen LogP contribution is -2.27. The number of rotatable bonds is 4. The number of carbonyl (C=O) groups is 2. The van der Waals surface area contributed by atoms with Gasteiger partial charge in [-0.25, -0.2) is 4.39 Å². The maximum Gasteiger partial charge on any atom is 0.307 e. The molecule has 1 aliphatic rings. The van der Waals surface area contributed by atoms with Crippen molar-refractivity contribution in [2.24, 2.45) is 17.3 Å². The molecule has 1 aliphatic carbocycles. The van der Waals surface area contributed by atoms with Crippen LogP contribution < -0.4 is 5.32 Å². The van der Waals surface area contributed by atoms with E-state index in [1.54, 1.807) is 32.0 Å². The van der Waals surface area contributed by atoms with E-state index in [1.165, 1.54) is 6.07 Å². The molecule has 2 N–H and O–H groups in total. The minimum absolute atomic E-state index is 0.0738. The van der Waals surface area contributed by atoms with Gasteiger partial charge >= 0.3 is 5.97 Å². The molecule has 0 heterocycles. The minimum Gasteiger partial charge on any atom is -0.481 e. The lowest BCUT2D eigenvalue weighted by atomic mass is 10.1. The largest absolute Gasteiger partial charge is 0.481 e. The Hall–Kier alpha value is -1.91. The molecule has 0 saturated heterocycles. The lowest BCUT2D eigenvalue weighted by molar-refractivity contribution is -0.140. The van der Waals surface area contributed by atoms with Crippen molar-refractivity contribution in [2.45, 2.75) is 20.4 Å². The third-order valence-corrected chi connectivity index (χ3v) is 3.79. The second kappa shape index (κ2) is 4.64. The number of carboxylic acids is 1. The first-order valence-corrected chi connectivity index (χ1v) is 6.09. The molecule has 0 bridgehead atoms. The third-order valence-electron chi connectivity index (χ3n) is 3.79. The van der Waals surface area contributed by atoms with Crippen LogP contribution in [0, 0.1) is 23.1 Å². The van der Waals surface area contributed by atoms with Crippen LogP contribution in [-0.2, 0) is 16.1 Å². The van der Waals surface area contributed by atoms with E-state index in [4.69, 9.17) is 5.11 Å². The minimum atomic E-state index is -0.962. The molecule has 0 aliphatic heterocycles. The molecular formula is C14H16FNO3. The molecule has 5 heteroatoms. The zero-order valence-electron chi connectivity index (χ0n) is 10.8. The van der Waals surface area contributed by atoms with Crippen molar-refractivity contribution < 1.29 is 19.1 Å². The van der Waals surface area contributed by atoms with Gasteiger partial charge in [0.25, 0.3) is 0 Å². The predicted molar refractivity (Wildman–Crippen MR) is 66.6 cm³/mol. The van der Waals surface area contributed by atoms with E-state index >= 15 is 0 Å². The monoisotopic (exact) mass is 265 g/mol. The first-order chi connectivity index (χ1) is 8.85. The van der Waals surface area contributed by atoms with Crippen molar-refractivity contribution in [2.75, 3.05) is 0 Å². The molecule has 102 valence electrons. The number of carbonyl (C=O) groups excluding carboxylic acids is 1. The van der Waals surface area contributed by atoms with Gasteiger partial charge in [-0.05, 0) is 11.5 Å². The van der Waals surface area contributed by atoms with Crippen molar-refractivity contribution in [1.29, 1.82) is 0 Å². The Balaban J connectivity index is 1.97. The molecule has 0 spiro atoms. The normalized spacial score (nSPS) is 23.7. The first kappa shape index (κ1) is 13.5. The van der Waals surface area contributed by atoms with Gasteiger partial charge in [-0.3, -0.25) is 9.59 Å². The van der Waals surface area contributed by atoms with Gasteiger partial charge in [-0.15, -0.1) is 0 Å². The van der Waals surface area contributed by atoms with Gasteiger partial charge in [-0.2, -0.15) is 0 Å². The number of hydrogen-bond acceptors (Lipinski definition) is 2. The number of benzene rings is 1. The Kier molecular flexibility index (Phi) is 3.30. The number of amides is 1. The van der Waals surface area contributed by atoms with E-state index < -0.39 is 23.2 Å². The van der Waals surface area contributed by atoms with E-state index in [-0.39, 0.29) is 18.3 Å². The maximum atomic E-state index is 13.4. The highest BCUT2D eigenvalue weighted by atomic mass is 19.1. The summed E-state index contributed by atoms with van der Waals surface area (Å²) in [6.07, 6.45) is 0. The highest BCUT2D eigenvalue weighted by Gasteiger charge is 2.65. The molecular weight excluding hydrogens is 249 g/mol. The predicted octanol–water partition coefficient (Wildman–Crippen LogP) is 1.80. The summed E-state index contributed by atoms with van der Waals surface area (Å²) in [5, 5.41) is 11.6. The fourth-order valence-electron chi connectivity index (χ4n) is 2.52. The topological polar surface area (TPSA) is 66.4 Å². The second-order valence-electron chi connectivity index (χ2n) is 5.42. The van der Waals surface area contributed by atoms with Gasteiger partial charge in [0.05, 0.1) is 11.8 Å². The average molecular weight is 265 g/mol. The molecule has 4 nitrogen and oxygen atoms in total. The van der Waals surface area contributed by atoms with E-state index in [0.29, 0.717) is 5.56 Å². The number of carboxylic acid groups (broad SMARTS) is 1. The van der Waals surface area contributed by atoms with Crippen molar-refractivity contribution in [3.8, 4) is 0 Å². The van der Waals surface area contributed by atoms with Gasteiger partial charge in [0.15, 0.2) is 0 Å². The Morgan fingerprint density at radius 1 is 1.32 bits per heavy atom. The summed E-state index contributed by atoms with van der Waals surface area (Å²) in [6, 6.07) is 6.17. The van der Waals surface area contributed by atoms with Gasteiger partial charge in [0.2, 0.25) is 5.91 Å². The Morgan fingerprint density at radius 3 is 2.47 bits per heavy atom. The molecule has 19 heavy (non-hydrogen) atoms. The molecule has 0 aromatic heterocycles. The molecule has 1 amide bonds. The SMILES string of the molecule is CC1(C)[C@H](C(=O)O)[C@@H]1C(=O)NCc1ccccc1F. The molecule has 1 aromatic carbocycles. The average Bonchev–Trinajstić information content (AvgIpc) is 2.91. The van der Waals surface area contributed by atoms with Crippen LogP contribution in [0.2, 0.25) is 0 Å². The summed E-state index contributed by atoms with van der Waals surface area (Å²) in [5.41, 5.74) is -0.147.